The van der Waals surface area contributed by atoms with Crippen LogP contribution in [0.15, 0.2) is 0 Å². The molecule has 0 fully saturated rings. The maximum Gasteiger partial charge on any atom is 0.306 e. The van der Waals surface area contributed by atoms with Gasteiger partial charge in [0.1, 0.15) is 6.10 Å². The van der Waals surface area contributed by atoms with E-state index >= 15 is 0 Å². The molecule has 0 N–H and O–H groups in total. The predicted molar refractivity (Wildman–Crippen MR) is 142 cm³/mol. The standard InChI is InChI=1S/C30H59O2/c1-4-6-8-10-12-14-16-18-19-21-23-25-27-29(3)32-30(31)28-26-24-22-20-17-15-13-11-9-7-5-2/h29H,3-28H2,1-2H3. The fourth-order valence-corrected chi connectivity index (χ4v) is 4.45. The van der Waals surface area contributed by atoms with Gasteiger partial charge in [-0.1, -0.05) is 149 Å². The van der Waals surface area contributed by atoms with Crippen molar-refractivity contribution in [3.63, 3.8) is 0 Å². The molecule has 0 aromatic heterocycles. The molecule has 1 atom stereocenters. The van der Waals surface area contributed by atoms with E-state index in [1.165, 1.54) is 128 Å². The van der Waals surface area contributed by atoms with Crippen LogP contribution in [-0.4, -0.2) is 12.1 Å². The van der Waals surface area contributed by atoms with E-state index in [2.05, 4.69) is 20.8 Å². The lowest BCUT2D eigenvalue weighted by molar-refractivity contribution is -0.147. The van der Waals surface area contributed by atoms with Crippen molar-refractivity contribution >= 4 is 5.97 Å². The highest BCUT2D eigenvalue weighted by atomic mass is 16.5. The van der Waals surface area contributed by atoms with Gasteiger partial charge in [0.2, 0.25) is 0 Å². The van der Waals surface area contributed by atoms with Gasteiger partial charge in [-0.25, -0.2) is 0 Å². The van der Waals surface area contributed by atoms with E-state index < -0.39 is 0 Å². The summed E-state index contributed by atoms with van der Waals surface area (Å²) in [6.45, 7) is 8.58. The number of rotatable bonds is 26. The summed E-state index contributed by atoms with van der Waals surface area (Å²) in [5.41, 5.74) is 0. The minimum absolute atomic E-state index is 0.0418. The molecule has 0 saturated carbocycles. The zero-order chi connectivity index (χ0) is 23.5. The largest absolute Gasteiger partial charge is 0.462 e. The van der Waals surface area contributed by atoms with Gasteiger partial charge in [0, 0.05) is 6.42 Å². The molecule has 0 aliphatic heterocycles. The van der Waals surface area contributed by atoms with E-state index in [-0.39, 0.29) is 12.1 Å². The van der Waals surface area contributed by atoms with Crippen LogP contribution in [0.25, 0.3) is 0 Å². The van der Waals surface area contributed by atoms with Crippen LogP contribution in [0.2, 0.25) is 0 Å². The Bertz CT molecular complexity index is 366. The minimum atomic E-state index is -0.154. The number of ether oxygens (including phenoxy) is 1. The van der Waals surface area contributed by atoms with E-state index in [1.807, 2.05) is 0 Å². The Hall–Kier alpha value is -0.530. The van der Waals surface area contributed by atoms with Gasteiger partial charge in [0.05, 0.1) is 0 Å². The van der Waals surface area contributed by atoms with Crippen molar-refractivity contribution in [1.29, 1.82) is 0 Å². The Morgan fingerprint density at radius 3 is 1.22 bits per heavy atom. The average Bonchev–Trinajstić information content (AvgIpc) is 2.78. The summed E-state index contributed by atoms with van der Waals surface area (Å²) in [6.07, 6.45) is 32.0. The molecule has 32 heavy (non-hydrogen) atoms. The molecular formula is C30H59O2. The first-order valence-electron chi connectivity index (χ1n) is 14.7. The summed E-state index contributed by atoms with van der Waals surface area (Å²) < 4.78 is 5.49. The summed E-state index contributed by atoms with van der Waals surface area (Å²) in [7, 11) is 0. The van der Waals surface area contributed by atoms with Crippen LogP contribution in [0.5, 0.6) is 0 Å². The lowest BCUT2D eigenvalue weighted by atomic mass is 10.0. The van der Waals surface area contributed by atoms with Gasteiger partial charge in [-0.05, 0) is 26.2 Å². The normalized spacial score (nSPS) is 12.2. The number of hydrogen-bond donors (Lipinski definition) is 0. The van der Waals surface area contributed by atoms with Gasteiger partial charge < -0.3 is 4.74 Å². The fourth-order valence-electron chi connectivity index (χ4n) is 4.45. The molecule has 0 spiro atoms. The molecule has 0 bridgehead atoms. The first-order valence-corrected chi connectivity index (χ1v) is 14.7. The number of hydrogen-bond acceptors (Lipinski definition) is 2. The van der Waals surface area contributed by atoms with Crippen LogP contribution in [0.1, 0.15) is 174 Å². The van der Waals surface area contributed by atoms with Gasteiger partial charge >= 0.3 is 5.97 Å². The first kappa shape index (κ1) is 31.5. The molecule has 1 unspecified atom stereocenters. The number of carbonyl (C=O) groups is 1. The second kappa shape index (κ2) is 26.7. The average molecular weight is 452 g/mol. The van der Waals surface area contributed by atoms with Gasteiger partial charge in [-0.3, -0.25) is 4.79 Å². The topological polar surface area (TPSA) is 26.3 Å². The van der Waals surface area contributed by atoms with Crippen LogP contribution in [0.4, 0.5) is 0 Å². The first-order chi connectivity index (χ1) is 15.7. The summed E-state index contributed by atoms with van der Waals surface area (Å²) >= 11 is 0. The quantitative estimate of drug-likeness (QED) is 0.0965. The minimum Gasteiger partial charge on any atom is -0.462 e. The van der Waals surface area contributed by atoms with Crippen molar-refractivity contribution in [2.75, 3.05) is 0 Å². The van der Waals surface area contributed by atoms with Crippen LogP contribution in [0, 0.1) is 6.92 Å². The molecule has 191 valence electrons. The van der Waals surface area contributed by atoms with Crippen molar-refractivity contribution in [3.8, 4) is 0 Å². The van der Waals surface area contributed by atoms with Crippen LogP contribution in [0.3, 0.4) is 0 Å². The van der Waals surface area contributed by atoms with Gasteiger partial charge in [-0.15, -0.1) is 0 Å². The molecule has 0 heterocycles. The van der Waals surface area contributed by atoms with Crippen LogP contribution in [-0.2, 0) is 9.53 Å². The lowest BCUT2D eigenvalue weighted by Crippen LogP contribution is -2.14. The van der Waals surface area contributed by atoms with Crippen molar-refractivity contribution < 1.29 is 9.53 Å². The van der Waals surface area contributed by atoms with Crippen molar-refractivity contribution in [2.45, 2.75) is 180 Å². The Morgan fingerprint density at radius 2 is 0.844 bits per heavy atom. The Morgan fingerprint density at radius 1 is 0.531 bits per heavy atom. The molecular weight excluding hydrogens is 392 g/mol. The zero-order valence-electron chi connectivity index (χ0n) is 22.3. The van der Waals surface area contributed by atoms with Crippen molar-refractivity contribution in [1.82, 2.24) is 0 Å². The van der Waals surface area contributed by atoms with Crippen molar-refractivity contribution in [2.24, 2.45) is 0 Å². The van der Waals surface area contributed by atoms with E-state index in [0.717, 1.165) is 25.7 Å². The van der Waals surface area contributed by atoms with Gasteiger partial charge in [0.15, 0.2) is 0 Å². The smallest absolute Gasteiger partial charge is 0.306 e. The highest BCUT2D eigenvalue weighted by molar-refractivity contribution is 5.69. The summed E-state index contributed by atoms with van der Waals surface area (Å²) in [6, 6.07) is 0. The molecule has 0 aliphatic rings. The molecule has 0 rings (SSSR count). The van der Waals surface area contributed by atoms with E-state index in [4.69, 9.17) is 4.74 Å². The number of esters is 1. The van der Waals surface area contributed by atoms with Gasteiger partial charge in [0.25, 0.3) is 0 Å². The SMILES string of the molecule is [CH2]C(CCCCCCCCCCCCCC)OC(=O)CCCCCCCCCCCCC. The monoisotopic (exact) mass is 451 g/mol. The molecule has 0 aromatic rings. The third kappa shape index (κ3) is 25.7. The molecule has 0 aliphatic carbocycles. The van der Waals surface area contributed by atoms with Crippen molar-refractivity contribution in [3.05, 3.63) is 6.92 Å². The number of unbranched alkanes of at least 4 members (excludes halogenated alkanes) is 21. The third-order valence-electron chi connectivity index (χ3n) is 6.66. The lowest BCUT2D eigenvalue weighted by Gasteiger charge is -2.13. The number of carbonyl (C=O) groups excluding carboxylic acids is 1. The Balaban J connectivity index is 3.29. The second-order valence-corrected chi connectivity index (χ2v) is 10.1. The zero-order valence-corrected chi connectivity index (χ0v) is 22.3. The van der Waals surface area contributed by atoms with E-state index in [0.29, 0.717) is 6.42 Å². The Kier molecular flexibility index (Phi) is 26.3. The molecule has 2 nitrogen and oxygen atoms in total. The maximum atomic E-state index is 12.0. The van der Waals surface area contributed by atoms with E-state index in [1.54, 1.807) is 0 Å². The molecule has 0 amide bonds. The van der Waals surface area contributed by atoms with Crippen LogP contribution >= 0.6 is 0 Å². The van der Waals surface area contributed by atoms with Crippen LogP contribution < -0.4 is 0 Å². The maximum absolute atomic E-state index is 12.0. The summed E-state index contributed by atoms with van der Waals surface area (Å²) in [5, 5.41) is 0. The third-order valence-corrected chi connectivity index (χ3v) is 6.66. The highest BCUT2D eigenvalue weighted by Crippen LogP contribution is 2.15. The van der Waals surface area contributed by atoms with Gasteiger partial charge in [-0.2, -0.15) is 0 Å². The molecule has 1 radical (unpaired) electrons. The molecule has 2 heteroatoms. The summed E-state index contributed by atoms with van der Waals surface area (Å²) in [5.74, 6) is -0.0418. The fraction of sp³-hybridized carbons (Fsp3) is 0.933. The molecule has 0 aromatic carbocycles. The highest BCUT2D eigenvalue weighted by Gasteiger charge is 2.09. The second-order valence-electron chi connectivity index (χ2n) is 10.1. The predicted octanol–water partition coefficient (Wildman–Crippen LogP) is 10.5. The Labute approximate surface area is 203 Å². The summed E-state index contributed by atoms with van der Waals surface area (Å²) in [4.78, 5) is 12.0. The van der Waals surface area contributed by atoms with E-state index in [9.17, 15) is 4.79 Å². The molecule has 0 saturated heterocycles.